The zero-order chi connectivity index (χ0) is 14.6. The molecule has 0 atom stereocenters. The summed E-state index contributed by atoms with van der Waals surface area (Å²) in [6, 6.07) is 3.31. The second-order valence-electron chi connectivity index (χ2n) is 3.16. The molecular weight excluding hydrogens is 291 g/mol. The van der Waals surface area contributed by atoms with Gasteiger partial charge in [0.25, 0.3) is 5.69 Å². The van der Waals surface area contributed by atoms with Crippen LogP contribution in [0.5, 0.6) is 0 Å². The lowest BCUT2D eigenvalue weighted by Crippen LogP contribution is -2.33. The molecule has 1 rings (SSSR count). The Morgan fingerprint density at radius 1 is 1.47 bits per heavy atom. The molecule has 0 spiro atoms. The van der Waals surface area contributed by atoms with Crippen molar-refractivity contribution in [2.75, 3.05) is 0 Å². The number of amides is 1. The molecule has 102 valence electrons. The molecule has 0 radical (unpaired) electrons. The van der Waals surface area contributed by atoms with E-state index in [1.807, 2.05) is 0 Å². The van der Waals surface area contributed by atoms with Gasteiger partial charge in [0.1, 0.15) is 0 Å². The molecule has 0 bridgehead atoms. The van der Waals surface area contributed by atoms with Crippen LogP contribution in [0, 0.1) is 10.1 Å². The molecule has 1 aromatic carbocycles. The Labute approximate surface area is 109 Å². The molecule has 0 heterocycles. The second kappa shape index (κ2) is 5.65. The van der Waals surface area contributed by atoms with Crippen LogP contribution in [-0.4, -0.2) is 23.2 Å². The Morgan fingerprint density at radius 2 is 2.11 bits per heavy atom. The first-order valence-electron chi connectivity index (χ1n) is 4.56. The number of carbonyl (C=O) groups is 1. The average Bonchev–Trinajstić information content (AvgIpc) is 2.29. The van der Waals surface area contributed by atoms with Crippen LogP contribution in [-0.2, 0) is 4.79 Å². The van der Waals surface area contributed by atoms with E-state index in [9.17, 15) is 28.1 Å². The van der Waals surface area contributed by atoms with E-state index in [-0.39, 0.29) is 16.3 Å². The number of benzene rings is 1. The summed E-state index contributed by atoms with van der Waals surface area (Å²) >= 11 is 5.66. The van der Waals surface area contributed by atoms with Gasteiger partial charge in [-0.25, -0.2) is 5.43 Å². The highest BCUT2D eigenvalue weighted by molar-refractivity contribution is 6.33. The van der Waals surface area contributed by atoms with Crippen molar-refractivity contribution >= 4 is 29.4 Å². The molecule has 19 heavy (non-hydrogen) atoms. The zero-order valence-corrected chi connectivity index (χ0v) is 9.70. The van der Waals surface area contributed by atoms with Crippen LogP contribution in [0.4, 0.5) is 18.9 Å². The summed E-state index contributed by atoms with van der Waals surface area (Å²) in [5.41, 5.74) is 0.910. The number of nitrogens with zero attached hydrogens (tertiary/aromatic N) is 2. The Bertz CT molecular complexity index is 545. The first kappa shape index (κ1) is 14.9. The minimum absolute atomic E-state index is 0.00154. The van der Waals surface area contributed by atoms with Crippen LogP contribution < -0.4 is 5.43 Å². The third-order valence-electron chi connectivity index (χ3n) is 1.82. The van der Waals surface area contributed by atoms with E-state index >= 15 is 0 Å². The van der Waals surface area contributed by atoms with E-state index in [1.165, 1.54) is 11.5 Å². The van der Waals surface area contributed by atoms with Crippen molar-refractivity contribution in [1.82, 2.24) is 5.43 Å². The average molecular weight is 296 g/mol. The molecule has 1 aromatic rings. The summed E-state index contributed by atoms with van der Waals surface area (Å²) in [4.78, 5) is 20.2. The fourth-order valence-corrected chi connectivity index (χ4v) is 1.13. The molecule has 0 saturated carbocycles. The van der Waals surface area contributed by atoms with Crippen LogP contribution in [0.2, 0.25) is 5.02 Å². The lowest BCUT2D eigenvalue weighted by molar-refractivity contribution is -0.384. The van der Waals surface area contributed by atoms with E-state index in [4.69, 9.17) is 11.6 Å². The predicted molar refractivity (Wildman–Crippen MR) is 59.9 cm³/mol. The predicted octanol–water partition coefficient (Wildman–Crippen LogP) is 2.26. The highest BCUT2D eigenvalue weighted by Crippen LogP contribution is 2.20. The normalized spacial score (nSPS) is 11.6. The van der Waals surface area contributed by atoms with Crippen molar-refractivity contribution in [2.24, 2.45) is 5.10 Å². The molecule has 1 N–H and O–H groups in total. The molecule has 6 nitrogen and oxygen atoms in total. The van der Waals surface area contributed by atoms with Crippen LogP contribution in [0.3, 0.4) is 0 Å². The van der Waals surface area contributed by atoms with Gasteiger partial charge in [-0.2, -0.15) is 18.3 Å². The lowest BCUT2D eigenvalue weighted by atomic mass is 10.2. The van der Waals surface area contributed by atoms with Gasteiger partial charge in [0, 0.05) is 22.7 Å². The van der Waals surface area contributed by atoms with Crippen LogP contribution in [0.15, 0.2) is 23.3 Å². The van der Waals surface area contributed by atoms with E-state index in [1.54, 1.807) is 0 Å². The zero-order valence-electron chi connectivity index (χ0n) is 8.94. The van der Waals surface area contributed by atoms with Gasteiger partial charge in [0.05, 0.1) is 11.1 Å². The minimum Gasteiger partial charge on any atom is -0.263 e. The largest absolute Gasteiger partial charge is 0.473 e. The second-order valence-corrected chi connectivity index (χ2v) is 3.57. The van der Waals surface area contributed by atoms with Gasteiger partial charge >= 0.3 is 12.1 Å². The maximum absolute atomic E-state index is 11.8. The fourth-order valence-electron chi connectivity index (χ4n) is 0.967. The van der Waals surface area contributed by atoms with Crippen molar-refractivity contribution < 1.29 is 22.9 Å². The Morgan fingerprint density at radius 3 is 2.63 bits per heavy atom. The Balaban J connectivity index is 2.85. The van der Waals surface area contributed by atoms with E-state index in [0.717, 1.165) is 18.3 Å². The molecule has 0 aliphatic rings. The Kier molecular flexibility index (Phi) is 4.43. The fraction of sp³-hybridized carbons (Fsp3) is 0.111. The van der Waals surface area contributed by atoms with Gasteiger partial charge in [-0.3, -0.25) is 14.9 Å². The van der Waals surface area contributed by atoms with Crippen LogP contribution in [0.25, 0.3) is 0 Å². The summed E-state index contributed by atoms with van der Waals surface area (Å²) in [7, 11) is 0. The van der Waals surface area contributed by atoms with Gasteiger partial charge in [0.2, 0.25) is 0 Å². The van der Waals surface area contributed by atoms with Crippen molar-refractivity contribution in [3.8, 4) is 0 Å². The Hall–Kier alpha value is -2.16. The molecule has 0 aromatic heterocycles. The standard InChI is InChI=1S/C9H5ClF3N3O3/c10-7-2-1-6(16(18)19)3-5(7)4-14-15-8(17)9(11,12)13/h1-4H,(H,15,17)/b14-4-. The summed E-state index contributed by atoms with van der Waals surface area (Å²) in [5.74, 6) is -2.26. The van der Waals surface area contributed by atoms with Gasteiger partial charge in [-0.05, 0) is 6.07 Å². The van der Waals surface area contributed by atoms with Gasteiger partial charge in [-0.1, -0.05) is 11.6 Å². The molecule has 0 unspecified atom stereocenters. The summed E-state index contributed by atoms with van der Waals surface area (Å²) < 4.78 is 35.5. The van der Waals surface area contributed by atoms with Gasteiger partial charge in [-0.15, -0.1) is 0 Å². The maximum Gasteiger partial charge on any atom is 0.473 e. The SMILES string of the molecule is O=C(N/N=C\c1cc([N+](=O)[O-])ccc1Cl)C(F)(F)F. The van der Waals surface area contributed by atoms with Gasteiger partial charge < -0.3 is 0 Å². The van der Waals surface area contributed by atoms with E-state index in [2.05, 4.69) is 5.10 Å². The number of hydrogen-bond acceptors (Lipinski definition) is 4. The monoisotopic (exact) mass is 295 g/mol. The molecule has 0 fully saturated rings. The number of nitro groups is 1. The topological polar surface area (TPSA) is 84.6 Å². The third-order valence-corrected chi connectivity index (χ3v) is 2.16. The maximum atomic E-state index is 11.8. The molecule has 0 saturated heterocycles. The number of hydrogen-bond donors (Lipinski definition) is 1. The minimum atomic E-state index is -5.07. The van der Waals surface area contributed by atoms with Crippen molar-refractivity contribution in [3.63, 3.8) is 0 Å². The quantitative estimate of drug-likeness (QED) is 0.527. The first-order chi connectivity index (χ1) is 8.71. The number of rotatable bonds is 3. The van der Waals surface area contributed by atoms with Crippen molar-refractivity contribution in [2.45, 2.75) is 6.18 Å². The molecule has 10 heteroatoms. The van der Waals surface area contributed by atoms with Crippen molar-refractivity contribution in [1.29, 1.82) is 0 Å². The number of nitro benzene ring substituents is 1. The summed E-state index contributed by atoms with van der Waals surface area (Å²) in [6.45, 7) is 0. The summed E-state index contributed by atoms with van der Waals surface area (Å²) in [6.07, 6.45) is -4.29. The first-order valence-corrected chi connectivity index (χ1v) is 4.94. The number of nitrogens with one attached hydrogen (secondary N) is 1. The number of alkyl halides is 3. The molecular formula is C9H5ClF3N3O3. The molecule has 0 aliphatic heterocycles. The highest BCUT2D eigenvalue weighted by Gasteiger charge is 2.38. The van der Waals surface area contributed by atoms with E-state index in [0.29, 0.717) is 0 Å². The van der Waals surface area contributed by atoms with Crippen LogP contribution in [0.1, 0.15) is 5.56 Å². The lowest BCUT2D eigenvalue weighted by Gasteiger charge is -2.03. The molecule has 0 aliphatic carbocycles. The summed E-state index contributed by atoms with van der Waals surface area (Å²) in [5, 5.41) is 13.5. The van der Waals surface area contributed by atoms with E-state index < -0.39 is 17.0 Å². The third kappa shape index (κ3) is 4.21. The highest BCUT2D eigenvalue weighted by atomic mass is 35.5. The smallest absolute Gasteiger partial charge is 0.263 e. The number of carbonyl (C=O) groups excluding carboxylic acids is 1. The van der Waals surface area contributed by atoms with Crippen molar-refractivity contribution in [3.05, 3.63) is 38.9 Å². The van der Waals surface area contributed by atoms with Gasteiger partial charge in [0.15, 0.2) is 0 Å². The van der Waals surface area contributed by atoms with Crippen LogP contribution >= 0.6 is 11.6 Å². The number of hydrazone groups is 1. The molecule has 1 amide bonds. The number of halogens is 4. The number of non-ortho nitro benzene ring substituents is 1.